The first-order valence-corrected chi connectivity index (χ1v) is 7.79. The predicted molar refractivity (Wildman–Crippen MR) is 91.9 cm³/mol. The molecule has 1 aromatic carbocycles. The van der Waals surface area contributed by atoms with Crippen LogP contribution in [0.4, 0.5) is 5.69 Å². The van der Waals surface area contributed by atoms with Gasteiger partial charge in [-0.15, -0.1) is 0 Å². The molecule has 0 saturated heterocycles. The van der Waals surface area contributed by atoms with Gasteiger partial charge < -0.3 is 19.1 Å². The van der Waals surface area contributed by atoms with Gasteiger partial charge >= 0.3 is 0 Å². The number of ether oxygens (including phenoxy) is 1. The fraction of sp³-hybridized carbons (Fsp3) is 0.333. The van der Waals surface area contributed by atoms with Gasteiger partial charge in [-0.25, -0.2) is 0 Å². The Balaban J connectivity index is 1.66. The Kier molecular flexibility index (Phi) is 4.66. The first-order valence-electron chi connectivity index (χ1n) is 7.79. The Bertz CT molecular complexity index is 747. The highest BCUT2D eigenvalue weighted by Crippen LogP contribution is 2.24. The van der Waals surface area contributed by atoms with E-state index in [0.717, 1.165) is 16.8 Å². The Morgan fingerprint density at radius 2 is 2.08 bits per heavy atom. The van der Waals surface area contributed by atoms with Crippen molar-refractivity contribution in [1.82, 2.24) is 10.1 Å². The summed E-state index contributed by atoms with van der Waals surface area (Å²) in [5, 5.41) is 3.83. The maximum atomic E-state index is 12.5. The number of methoxy groups -OCH3 is 1. The summed E-state index contributed by atoms with van der Waals surface area (Å²) in [5.41, 5.74) is 3.75. The fourth-order valence-electron chi connectivity index (χ4n) is 2.68. The van der Waals surface area contributed by atoms with Crippen molar-refractivity contribution in [2.24, 2.45) is 0 Å². The minimum absolute atomic E-state index is 0.128. The second-order valence-electron chi connectivity index (χ2n) is 5.97. The van der Waals surface area contributed by atoms with Crippen LogP contribution in [0, 0.1) is 0 Å². The molecule has 126 valence electrons. The van der Waals surface area contributed by atoms with Crippen molar-refractivity contribution in [1.29, 1.82) is 0 Å². The van der Waals surface area contributed by atoms with Gasteiger partial charge in [-0.1, -0.05) is 23.4 Å². The van der Waals surface area contributed by atoms with Gasteiger partial charge in [0.05, 0.1) is 0 Å². The average Bonchev–Trinajstić information content (AvgIpc) is 3.24. The molecule has 3 rings (SSSR count). The Labute approximate surface area is 141 Å². The molecule has 0 fully saturated rings. The van der Waals surface area contributed by atoms with Crippen LogP contribution in [0.25, 0.3) is 5.57 Å². The van der Waals surface area contributed by atoms with Crippen LogP contribution in [0.1, 0.15) is 21.8 Å². The summed E-state index contributed by atoms with van der Waals surface area (Å²) < 4.78 is 10.1. The largest absolute Gasteiger partial charge is 0.378 e. The van der Waals surface area contributed by atoms with Crippen molar-refractivity contribution in [2.45, 2.75) is 6.61 Å². The molecule has 1 aliphatic heterocycles. The number of benzene rings is 1. The van der Waals surface area contributed by atoms with E-state index in [4.69, 9.17) is 9.26 Å². The summed E-state index contributed by atoms with van der Waals surface area (Å²) >= 11 is 0. The van der Waals surface area contributed by atoms with Crippen molar-refractivity contribution >= 4 is 17.2 Å². The van der Waals surface area contributed by atoms with Crippen molar-refractivity contribution in [2.75, 3.05) is 39.2 Å². The lowest BCUT2D eigenvalue weighted by atomic mass is 10.1. The van der Waals surface area contributed by atoms with E-state index in [1.54, 1.807) is 18.1 Å². The van der Waals surface area contributed by atoms with E-state index in [0.29, 0.717) is 31.2 Å². The van der Waals surface area contributed by atoms with Gasteiger partial charge in [0, 0.05) is 46.0 Å². The Morgan fingerprint density at radius 1 is 1.33 bits per heavy atom. The molecule has 1 aromatic heterocycles. The van der Waals surface area contributed by atoms with Crippen molar-refractivity contribution < 1.29 is 14.1 Å². The number of hydrogen-bond donors (Lipinski definition) is 0. The summed E-state index contributed by atoms with van der Waals surface area (Å²) in [6, 6.07) is 9.96. The highest BCUT2D eigenvalue weighted by Gasteiger charge is 2.24. The van der Waals surface area contributed by atoms with E-state index in [9.17, 15) is 4.79 Å². The standard InChI is InChI=1S/C18H21N3O3/c1-20(2)15-6-4-13(5-7-15)14-8-9-21(11-14)18(22)17-10-16(12-23-3)24-19-17/h4-8,10H,9,11-12H2,1-3H3. The summed E-state index contributed by atoms with van der Waals surface area (Å²) in [7, 11) is 5.60. The number of rotatable bonds is 5. The van der Waals surface area contributed by atoms with E-state index in [1.807, 2.05) is 14.1 Å². The smallest absolute Gasteiger partial charge is 0.276 e. The lowest BCUT2D eigenvalue weighted by molar-refractivity contribution is 0.0790. The van der Waals surface area contributed by atoms with Gasteiger partial charge in [-0.2, -0.15) is 0 Å². The molecule has 0 atom stereocenters. The molecule has 0 aliphatic carbocycles. The number of carbonyl (C=O) groups is 1. The fourth-order valence-corrected chi connectivity index (χ4v) is 2.68. The highest BCUT2D eigenvalue weighted by atomic mass is 16.5. The molecule has 24 heavy (non-hydrogen) atoms. The summed E-state index contributed by atoms with van der Waals surface area (Å²) in [5.74, 6) is 0.421. The van der Waals surface area contributed by atoms with Gasteiger partial charge in [0.25, 0.3) is 5.91 Å². The number of carbonyl (C=O) groups excluding carboxylic acids is 1. The molecule has 0 bridgehead atoms. The van der Waals surface area contributed by atoms with Gasteiger partial charge in [0.15, 0.2) is 11.5 Å². The van der Waals surface area contributed by atoms with Crippen LogP contribution in [-0.4, -0.2) is 50.3 Å². The Hall–Kier alpha value is -2.60. The van der Waals surface area contributed by atoms with Crippen LogP contribution < -0.4 is 4.90 Å². The molecule has 6 heteroatoms. The van der Waals surface area contributed by atoms with E-state index < -0.39 is 0 Å². The zero-order valence-electron chi connectivity index (χ0n) is 14.2. The topological polar surface area (TPSA) is 58.8 Å². The SMILES string of the molecule is COCc1cc(C(=O)N2CC=C(c3ccc(N(C)C)cc3)C2)no1. The molecule has 6 nitrogen and oxygen atoms in total. The lowest BCUT2D eigenvalue weighted by Crippen LogP contribution is -2.29. The predicted octanol–water partition coefficient (Wildman–Crippen LogP) is 2.43. The van der Waals surface area contributed by atoms with Gasteiger partial charge in [0.2, 0.25) is 0 Å². The van der Waals surface area contributed by atoms with Crippen LogP contribution in [0.2, 0.25) is 0 Å². The van der Waals surface area contributed by atoms with Crippen molar-refractivity contribution in [3.8, 4) is 0 Å². The lowest BCUT2D eigenvalue weighted by Gasteiger charge is -2.15. The molecule has 2 aromatic rings. The molecular formula is C18H21N3O3. The number of anilines is 1. The number of aromatic nitrogens is 1. The van der Waals surface area contributed by atoms with E-state index in [1.165, 1.54) is 0 Å². The molecule has 0 saturated carbocycles. The van der Waals surface area contributed by atoms with Crippen LogP contribution in [0.5, 0.6) is 0 Å². The minimum atomic E-state index is -0.128. The third-order valence-electron chi connectivity index (χ3n) is 4.03. The second-order valence-corrected chi connectivity index (χ2v) is 5.97. The highest BCUT2D eigenvalue weighted by molar-refractivity contribution is 5.94. The summed E-state index contributed by atoms with van der Waals surface area (Å²) in [6.45, 7) is 1.46. The number of hydrogen-bond acceptors (Lipinski definition) is 5. The zero-order valence-corrected chi connectivity index (χ0v) is 14.2. The van der Waals surface area contributed by atoms with Gasteiger partial charge in [-0.05, 0) is 23.3 Å². The molecule has 1 aliphatic rings. The number of nitrogens with zero attached hydrogens (tertiary/aromatic N) is 3. The first-order chi connectivity index (χ1) is 11.6. The molecule has 0 N–H and O–H groups in total. The summed E-state index contributed by atoms with van der Waals surface area (Å²) in [4.78, 5) is 16.3. The van der Waals surface area contributed by atoms with Crippen LogP contribution in [0.3, 0.4) is 0 Å². The molecular weight excluding hydrogens is 306 g/mol. The maximum Gasteiger partial charge on any atom is 0.276 e. The maximum absolute atomic E-state index is 12.5. The van der Waals surface area contributed by atoms with E-state index in [-0.39, 0.29) is 5.91 Å². The second kappa shape index (κ2) is 6.88. The third kappa shape index (κ3) is 3.33. The van der Waals surface area contributed by atoms with E-state index >= 15 is 0 Å². The van der Waals surface area contributed by atoms with Crippen LogP contribution in [0.15, 0.2) is 40.9 Å². The molecule has 2 heterocycles. The zero-order chi connectivity index (χ0) is 17.1. The first kappa shape index (κ1) is 16.3. The van der Waals surface area contributed by atoms with Crippen LogP contribution in [-0.2, 0) is 11.3 Å². The van der Waals surface area contributed by atoms with Crippen LogP contribution >= 0.6 is 0 Å². The monoisotopic (exact) mass is 327 g/mol. The average molecular weight is 327 g/mol. The van der Waals surface area contributed by atoms with Crippen molar-refractivity contribution in [3.63, 3.8) is 0 Å². The van der Waals surface area contributed by atoms with E-state index in [2.05, 4.69) is 40.4 Å². The van der Waals surface area contributed by atoms with Crippen molar-refractivity contribution in [3.05, 3.63) is 53.4 Å². The van der Waals surface area contributed by atoms with Gasteiger partial charge in [-0.3, -0.25) is 4.79 Å². The normalized spacial score (nSPS) is 14.0. The van der Waals surface area contributed by atoms with Gasteiger partial charge in [0.1, 0.15) is 6.61 Å². The molecule has 0 spiro atoms. The third-order valence-corrected chi connectivity index (χ3v) is 4.03. The quantitative estimate of drug-likeness (QED) is 0.844. The minimum Gasteiger partial charge on any atom is -0.378 e. The molecule has 0 radical (unpaired) electrons. The Morgan fingerprint density at radius 3 is 2.75 bits per heavy atom. The molecule has 1 amide bonds. The molecule has 0 unspecified atom stereocenters. The number of amides is 1. The summed E-state index contributed by atoms with van der Waals surface area (Å²) in [6.07, 6.45) is 2.08.